The molecule has 0 radical (unpaired) electrons. The molecule has 1 amide bonds. The zero-order valence-electron chi connectivity index (χ0n) is 17.1. The number of carbonyl (C=O) groups excluding carboxylic acids is 1. The fourth-order valence-electron chi connectivity index (χ4n) is 3.26. The summed E-state index contributed by atoms with van der Waals surface area (Å²) in [6.07, 6.45) is 3.76. The summed E-state index contributed by atoms with van der Waals surface area (Å²) in [6.45, 7) is 9.46. The SMILES string of the molecule is CNCCCC(=O)NCCCCN1CCN(c2cccc(C)c2)CC1.Cl.Cl.Cl. The van der Waals surface area contributed by atoms with Crippen LogP contribution >= 0.6 is 37.2 Å². The van der Waals surface area contributed by atoms with Gasteiger partial charge in [-0.3, -0.25) is 9.69 Å². The second-order valence-electron chi connectivity index (χ2n) is 6.93. The van der Waals surface area contributed by atoms with E-state index in [0.29, 0.717) is 6.42 Å². The number of halogens is 3. The first-order chi connectivity index (χ1) is 12.2. The molecule has 28 heavy (non-hydrogen) atoms. The minimum absolute atomic E-state index is 0. The van der Waals surface area contributed by atoms with Crippen LogP contribution in [0.3, 0.4) is 0 Å². The van der Waals surface area contributed by atoms with E-state index in [1.807, 2.05) is 7.05 Å². The van der Waals surface area contributed by atoms with Crippen molar-refractivity contribution in [2.75, 3.05) is 57.8 Å². The number of hydrogen-bond donors (Lipinski definition) is 2. The highest BCUT2D eigenvalue weighted by Gasteiger charge is 2.16. The Bertz CT molecular complexity index is 526. The van der Waals surface area contributed by atoms with Gasteiger partial charge in [-0.15, -0.1) is 37.2 Å². The van der Waals surface area contributed by atoms with Crippen LogP contribution in [0, 0.1) is 6.92 Å². The third-order valence-corrected chi connectivity index (χ3v) is 4.79. The molecule has 1 aromatic carbocycles. The Labute approximate surface area is 189 Å². The molecule has 1 aromatic rings. The second-order valence-corrected chi connectivity index (χ2v) is 6.93. The Morgan fingerprint density at radius 3 is 2.36 bits per heavy atom. The number of piperazine rings is 1. The van der Waals surface area contributed by atoms with E-state index < -0.39 is 0 Å². The molecule has 0 saturated carbocycles. The maximum atomic E-state index is 11.6. The minimum atomic E-state index is 0. The van der Waals surface area contributed by atoms with E-state index in [9.17, 15) is 4.79 Å². The van der Waals surface area contributed by atoms with Gasteiger partial charge in [0.1, 0.15) is 0 Å². The summed E-state index contributed by atoms with van der Waals surface area (Å²) < 4.78 is 0. The van der Waals surface area contributed by atoms with Gasteiger partial charge in [0.25, 0.3) is 0 Å². The second kappa shape index (κ2) is 17.2. The van der Waals surface area contributed by atoms with Crippen LogP contribution < -0.4 is 15.5 Å². The summed E-state index contributed by atoms with van der Waals surface area (Å²) in [5.41, 5.74) is 2.67. The summed E-state index contributed by atoms with van der Waals surface area (Å²) in [5, 5.41) is 6.08. The molecule has 0 aliphatic carbocycles. The third-order valence-electron chi connectivity index (χ3n) is 4.79. The van der Waals surface area contributed by atoms with Gasteiger partial charge in [0.2, 0.25) is 5.91 Å². The summed E-state index contributed by atoms with van der Waals surface area (Å²) >= 11 is 0. The van der Waals surface area contributed by atoms with E-state index in [0.717, 1.165) is 65.1 Å². The van der Waals surface area contributed by atoms with Gasteiger partial charge in [0.15, 0.2) is 0 Å². The number of nitrogens with one attached hydrogen (secondary N) is 2. The van der Waals surface area contributed by atoms with Crippen LogP contribution in [-0.2, 0) is 4.79 Å². The van der Waals surface area contributed by atoms with Crippen LogP contribution in [-0.4, -0.2) is 63.7 Å². The molecule has 0 atom stereocenters. The minimum Gasteiger partial charge on any atom is -0.369 e. The summed E-state index contributed by atoms with van der Waals surface area (Å²) in [7, 11) is 1.92. The van der Waals surface area contributed by atoms with Crippen molar-refractivity contribution in [3.63, 3.8) is 0 Å². The number of unbranched alkanes of at least 4 members (excludes halogenated alkanes) is 1. The zero-order valence-corrected chi connectivity index (χ0v) is 19.6. The molecule has 1 saturated heterocycles. The molecule has 0 unspecified atom stereocenters. The van der Waals surface area contributed by atoms with Crippen molar-refractivity contribution in [2.24, 2.45) is 0 Å². The molecule has 164 valence electrons. The molecular weight excluding hydrogens is 419 g/mol. The normalized spacial score (nSPS) is 13.7. The van der Waals surface area contributed by atoms with Gasteiger partial charge in [-0.1, -0.05) is 12.1 Å². The molecule has 1 heterocycles. The maximum Gasteiger partial charge on any atom is 0.220 e. The number of aryl methyl sites for hydroxylation is 1. The van der Waals surface area contributed by atoms with E-state index in [1.165, 1.54) is 11.3 Å². The molecule has 1 aliphatic heterocycles. The topological polar surface area (TPSA) is 47.6 Å². The highest BCUT2D eigenvalue weighted by atomic mass is 35.5. The summed E-state index contributed by atoms with van der Waals surface area (Å²) in [6, 6.07) is 8.78. The fraction of sp³-hybridized carbons (Fsp3) is 0.650. The van der Waals surface area contributed by atoms with E-state index >= 15 is 0 Å². The summed E-state index contributed by atoms with van der Waals surface area (Å²) in [5.74, 6) is 0.182. The molecule has 1 fully saturated rings. The van der Waals surface area contributed by atoms with E-state index in [4.69, 9.17) is 0 Å². The Balaban J connectivity index is 0. The molecule has 8 heteroatoms. The summed E-state index contributed by atoms with van der Waals surface area (Å²) in [4.78, 5) is 16.6. The number of benzene rings is 1. The Kier molecular flexibility index (Phi) is 18.1. The average molecular weight is 456 g/mol. The van der Waals surface area contributed by atoms with Crippen molar-refractivity contribution in [1.29, 1.82) is 0 Å². The van der Waals surface area contributed by atoms with Gasteiger partial charge in [0, 0.05) is 44.8 Å². The van der Waals surface area contributed by atoms with Crippen LogP contribution in [0.25, 0.3) is 0 Å². The molecule has 5 nitrogen and oxygen atoms in total. The first-order valence-corrected chi connectivity index (χ1v) is 9.64. The molecule has 2 rings (SSSR count). The van der Waals surface area contributed by atoms with Crippen molar-refractivity contribution in [1.82, 2.24) is 15.5 Å². The van der Waals surface area contributed by atoms with Gasteiger partial charge in [-0.2, -0.15) is 0 Å². The number of amides is 1. The molecule has 0 aromatic heterocycles. The lowest BCUT2D eigenvalue weighted by Crippen LogP contribution is -2.46. The van der Waals surface area contributed by atoms with Crippen LogP contribution in [0.5, 0.6) is 0 Å². The lowest BCUT2D eigenvalue weighted by molar-refractivity contribution is -0.121. The van der Waals surface area contributed by atoms with Crippen LogP contribution in [0.4, 0.5) is 5.69 Å². The maximum absolute atomic E-state index is 11.6. The Hall–Kier alpha value is -0.720. The third kappa shape index (κ3) is 11.3. The number of hydrogen-bond acceptors (Lipinski definition) is 4. The molecule has 2 N–H and O–H groups in total. The van der Waals surface area contributed by atoms with Crippen LogP contribution in [0.15, 0.2) is 24.3 Å². The zero-order chi connectivity index (χ0) is 17.9. The van der Waals surface area contributed by atoms with Gasteiger partial charge >= 0.3 is 0 Å². The van der Waals surface area contributed by atoms with E-state index in [-0.39, 0.29) is 43.1 Å². The largest absolute Gasteiger partial charge is 0.369 e. The van der Waals surface area contributed by atoms with Crippen LogP contribution in [0.1, 0.15) is 31.2 Å². The van der Waals surface area contributed by atoms with Crippen molar-refractivity contribution < 1.29 is 4.79 Å². The van der Waals surface area contributed by atoms with Crippen molar-refractivity contribution in [3.8, 4) is 0 Å². The van der Waals surface area contributed by atoms with Crippen molar-refractivity contribution in [2.45, 2.75) is 32.6 Å². The van der Waals surface area contributed by atoms with E-state index in [1.54, 1.807) is 0 Å². The predicted octanol–water partition coefficient (Wildman–Crippen LogP) is 3.28. The lowest BCUT2D eigenvalue weighted by Gasteiger charge is -2.36. The van der Waals surface area contributed by atoms with Gasteiger partial charge < -0.3 is 15.5 Å². The van der Waals surface area contributed by atoms with Crippen LogP contribution in [0.2, 0.25) is 0 Å². The standard InChI is InChI=1S/C20H34N4O.3ClH/c1-18-7-5-8-19(17-18)24-15-13-23(14-16-24)12-4-3-11-22-20(25)9-6-10-21-2;;;/h5,7-8,17,21H,3-4,6,9-16H2,1-2H3,(H,22,25);3*1H. The fourth-order valence-corrected chi connectivity index (χ4v) is 3.26. The number of rotatable bonds is 10. The van der Waals surface area contributed by atoms with Gasteiger partial charge in [-0.25, -0.2) is 0 Å². The van der Waals surface area contributed by atoms with Crippen molar-refractivity contribution >= 4 is 48.8 Å². The monoisotopic (exact) mass is 454 g/mol. The predicted molar refractivity (Wildman–Crippen MR) is 127 cm³/mol. The van der Waals surface area contributed by atoms with Gasteiger partial charge in [0.05, 0.1) is 0 Å². The quantitative estimate of drug-likeness (QED) is 0.532. The number of anilines is 1. The Morgan fingerprint density at radius 2 is 1.71 bits per heavy atom. The van der Waals surface area contributed by atoms with E-state index in [2.05, 4.69) is 51.6 Å². The first kappa shape index (κ1) is 29.5. The van der Waals surface area contributed by atoms with Gasteiger partial charge in [-0.05, 0) is 64.0 Å². The highest BCUT2D eigenvalue weighted by Crippen LogP contribution is 2.17. The molecular formula is C20H37Cl3N4O. The smallest absolute Gasteiger partial charge is 0.220 e. The molecule has 0 spiro atoms. The highest BCUT2D eigenvalue weighted by molar-refractivity contribution is 5.86. The lowest BCUT2D eigenvalue weighted by atomic mass is 10.2. The Morgan fingerprint density at radius 1 is 1.00 bits per heavy atom. The number of nitrogens with zero attached hydrogens (tertiary/aromatic N) is 2. The molecule has 1 aliphatic rings. The number of carbonyl (C=O) groups is 1. The van der Waals surface area contributed by atoms with Crippen molar-refractivity contribution in [3.05, 3.63) is 29.8 Å². The molecule has 0 bridgehead atoms. The first-order valence-electron chi connectivity index (χ1n) is 9.64. The average Bonchev–Trinajstić information content (AvgIpc) is 2.62.